The summed E-state index contributed by atoms with van der Waals surface area (Å²) in [5, 5.41) is 3.00. The highest BCUT2D eigenvalue weighted by atomic mass is 16.5. The predicted molar refractivity (Wildman–Crippen MR) is 88.1 cm³/mol. The molecule has 0 atom stereocenters. The second-order valence-corrected chi connectivity index (χ2v) is 6.27. The van der Waals surface area contributed by atoms with Crippen LogP contribution in [0.3, 0.4) is 0 Å². The maximum Gasteiger partial charge on any atom is 0.227 e. The Morgan fingerprint density at radius 2 is 1.87 bits per heavy atom. The number of hydrogen-bond acceptors (Lipinski definition) is 4. The van der Waals surface area contributed by atoms with E-state index in [1.165, 1.54) is 12.8 Å². The van der Waals surface area contributed by atoms with E-state index in [0.29, 0.717) is 24.7 Å². The van der Waals surface area contributed by atoms with Crippen LogP contribution in [-0.2, 0) is 9.53 Å². The van der Waals surface area contributed by atoms with Crippen molar-refractivity contribution in [2.75, 3.05) is 25.6 Å². The average molecular weight is 319 g/mol. The van der Waals surface area contributed by atoms with Crippen LogP contribution in [0.2, 0.25) is 0 Å². The number of hydrogen-bond donors (Lipinski definition) is 1. The lowest BCUT2D eigenvalue weighted by molar-refractivity contribution is -0.122. The Morgan fingerprint density at radius 3 is 2.57 bits per heavy atom. The van der Waals surface area contributed by atoms with E-state index in [1.54, 1.807) is 7.11 Å². The molecule has 2 fully saturated rings. The van der Waals surface area contributed by atoms with Crippen LogP contribution in [0.25, 0.3) is 0 Å². The van der Waals surface area contributed by atoms with Gasteiger partial charge < -0.3 is 19.5 Å². The molecule has 3 rings (SSSR count). The highest BCUT2D eigenvalue weighted by Crippen LogP contribution is 2.34. The Labute approximate surface area is 137 Å². The van der Waals surface area contributed by atoms with Crippen molar-refractivity contribution in [2.24, 2.45) is 5.92 Å². The summed E-state index contributed by atoms with van der Waals surface area (Å²) >= 11 is 0. The standard InChI is InChI=1S/C18H25NO4/c1-21-16-7-6-14(12-17(16)23-15-4-2-3-5-15)19-18(20)13-8-10-22-11-9-13/h6-7,12-13,15H,2-5,8-11H2,1H3,(H,19,20). The Balaban J connectivity index is 1.67. The third-order valence-corrected chi connectivity index (χ3v) is 4.62. The van der Waals surface area contributed by atoms with E-state index in [2.05, 4.69) is 5.32 Å². The first kappa shape index (κ1) is 16.1. The molecule has 2 aliphatic rings. The molecule has 1 saturated carbocycles. The molecule has 1 heterocycles. The van der Waals surface area contributed by atoms with Crippen LogP contribution in [-0.4, -0.2) is 32.3 Å². The molecule has 0 bridgehead atoms. The molecule has 0 unspecified atom stereocenters. The summed E-state index contributed by atoms with van der Waals surface area (Å²) in [4.78, 5) is 12.3. The van der Waals surface area contributed by atoms with Gasteiger partial charge in [-0.05, 0) is 50.7 Å². The first-order chi connectivity index (χ1) is 11.3. The molecular weight excluding hydrogens is 294 g/mol. The maximum atomic E-state index is 12.3. The summed E-state index contributed by atoms with van der Waals surface area (Å²) < 4.78 is 16.8. The molecule has 126 valence electrons. The van der Waals surface area contributed by atoms with Gasteiger partial charge in [-0.3, -0.25) is 4.79 Å². The van der Waals surface area contributed by atoms with E-state index in [4.69, 9.17) is 14.2 Å². The summed E-state index contributed by atoms with van der Waals surface area (Å²) in [6.45, 7) is 1.33. The lowest BCUT2D eigenvalue weighted by atomic mass is 9.99. The molecule has 1 aromatic carbocycles. The number of carbonyl (C=O) groups excluding carboxylic acids is 1. The molecule has 0 radical (unpaired) electrons. The van der Waals surface area contributed by atoms with Crippen molar-refractivity contribution in [3.63, 3.8) is 0 Å². The smallest absolute Gasteiger partial charge is 0.227 e. The minimum atomic E-state index is 0.0325. The Hall–Kier alpha value is -1.75. The van der Waals surface area contributed by atoms with Crippen molar-refractivity contribution >= 4 is 11.6 Å². The van der Waals surface area contributed by atoms with Crippen molar-refractivity contribution in [2.45, 2.75) is 44.6 Å². The summed E-state index contributed by atoms with van der Waals surface area (Å²) in [6.07, 6.45) is 6.43. The average Bonchev–Trinajstić information content (AvgIpc) is 3.09. The van der Waals surface area contributed by atoms with E-state index < -0.39 is 0 Å². The quantitative estimate of drug-likeness (QED) is 0.904. The fraction of sp³-hybridized carbons (Fsp3) is 0.611. The largest absolute Gasteiger partial charge is 0.493 e. The number of rotatable bonds is 5. The highest BCUT2D eigenvalue weighted by Gasteiger charge is 2.22. The maximum absolute atomic E-state index is 12.3. The summed E-state index contributed by atoms with van der Waals surface area (Å²) in [7, 11) is 1.64. The van der Waals surface area contributed by atoms with Gasteiger partial charge in [0.05, 0.1) is 13.2 Å². The zero-order valence-corrected chi connectivity index (χ0v) is 13.7. The van der Waals surface area contributed by atoms with Gasteiger partial charge in [0.25, 0.3) is 0 Å². The second kappa shape index (κ2) is 7.68. The summed E-state index contributed by atoms with van der Waals surface area (Å²) in [5.74, 6) is 1.51. The molecule has 23 heavy (non-hydrogen) atoms. The van der Waals surface area contributed by atoms with Crippen molar-refractivity contribution in [3.8, 4) is 11.5 Å². The molecule has 1 aliphatic carbocycles. The molecule has 0 aromatic heterocycles. The molecular formula is C18H25NO4. The molecule has 1 N–H and O–H groups in total. The topological polar surface area (TPSA) is 56.8 Å². The monoisotopic (exact) mass is 319 g/mol. The molecule has 1 aromatic rings. The van der Waals surface area contributed by atoms with E-state index in [9.17, 15) is 4.79 Å². The van der Waals surface area contributed by atoms with Gasteiger partial charge in [0.15, 0.2) is 11.5 Å². The van der Waals surface area contributed by atoms with Gasteiger partial charge >= 0.3 is 0 Å². The van der Waals surface area contributed by atoms with Crippen molar-refractivity contribution in [1.82, 2.24) is 0 Å². The van der Waals surface area contributed by atoms with E-state index >= 15 is 0 Å². The lowest BCUT2D eigenvalue weighted by Crippen LogP contribution is -2.28. The number of benzene rings is 1. The minimum absolute atomic E-state index is 0.0325. The van der Waals surface area contributed by atoms with Crippen molar-refractivity contribution in [1.29, 1.82) is 0 Å². The van der Waals surface area contributed by atoms with Crippen LogP contribution in [0.4, 0.5) is 5.69 Å². The van der Waals surface area contributed by atoms with Gasteiger partial charge in [0.2, 0.25) is 5.91 Å². The molecule has 5 nitrogen and oxygen atoms in total. The fourth-order valence-electron chi connectivity index (χ4n) is 3.24. The van der Waals surface area contributed by atoms with Crippen LogP contribution in [0, 0.1) is 5.92 Å². The molecule has 5 heteroatoms. The number of amides is 1. The minimum Gasteiger partial charge on any atom is -0.493 e. The van der Waals surface area contributed by atoms with Gasteiger partial charge in [-0.2, -0.15) is 0 Å². The fourth-order valence-corrected chi connectivity index (χ4v) is 3.24. The SMILES string of the molecule is COc1ccc(NC(=O)C2CCOCC2)cc1OC1CCCC1. The van der Waals surface area contributed by atoms with Crippen LogP contribution in [0.1, 0.15) is 38.5 Å². The van der Waals surface area contributed by atoms with E-state index in [1.807, 2.05) is 18.2 Å². The van der Waals surface area contributed by atoms with Gasteiger partial charge in [0, 0.05) is 30.9 Å². The van der Waals surface area contributed by atoms with Gasteiger partial charge in [-0.25, -0.2) is 0 Å². The van der Waals surface area contributed by atoms with E-state index in [0.717, 1.165) is 31.4 Å². The van der Waals surface area contributed by atoms with Crippen molar-refractivity contribution in [3.05, 3.63) is 18.2 Å². The zero-order chi connectivity index (χ0) is 16.1. The van der Waals surface area contributed by atoms with Crippen LogP contribution >= 0.6 is 0 Å². The number of methoxy groups -OCH3 is 1. The lowest BCUT2D eigenvalue weighted by Gasteiger charge is -2.22. The summed E-state index contributed by atoms with van der Waals surface area (Å²) in [6, 6.07) is 5.58. The number of nitrogens with one attached hydrogen (secondary N) is 1. The molecule has 1 aliphatic heterocycles. The van der Waals surface area contributed by atoms with E-state index in [-0.39, 0.29) is 17.9 Å². The Kier molecular flexibility index (Phi) is 5.39. The summed E-state index contributed by atoms with van der Waals surface area (Å²) in [5.41, 5.74) is 0.760. The molecule has 1 saturated heterocycles. The van der Waals surface area contributed by atoms with Crippen LogP contribution in [0.15, 0.2) is 18.2 Å². The first-order valence-corrected chi connectivity index (χ1v) is 8.49. The Bertz CT molecular complexity index is 534. The zero-order valence-electron chi connectivity index (χ0n) is 13.7. The Morgan fingerprint density at radius 1 is 1.13 bits per heavy atom. The highest BCUT2D eigenvalue weighted by molar-refractivity contribution is 5.92. The first-order valence-electron chi connectivity index (χ1n) is 8.49. The molecule has 0 spiro atoms. The normalized spacial score (nSPS) is 19.5. The van der Waals surface area contributed by atoms with Gasteiger partial charge in [-0.1, -0.05) is 0 Å². The van der Waals surface area contributed by atoms with Crippen LogP contribution in [0.5, 0.6) is 11.5 Å². The number of anilines is 1. The predicted octanol–water partition coefficient (Wildman–Crippen LogP) is 3.38. The number of carbonyl (C=O) groups is 1. The molecule has 1 amide bonds. The second-order valence-electron chi connectivity index (χ2n) is 6.27. The van der Waals surface area contributed by atoms with Gasteiger partial charge in [-0.15, -0.1) is 0 Å². The van der Waals surface area contributed by atoms with Crippen molar-refractivity contribution < 1.29 is 19.0 Å². The van der Waals surface area contributed by atoms with Crippen LogP contribution < -0.4 is 14.8 Å². The third kappa shape index (κ3) is 4.16. The third-order valence-electron chi connectivity index (χ3n) is 4.62. The number of ether oxygens (including phenoxy) is 3. The van der Waals surface area contributed by atoms with Gasteiger partial charge in [0.1, 0.15) is 0 Å².